The van der Waals surface area contributed by atoms with Crippen LogP contribution in [0, 0.1) is 5.41 Å². The number of hydrogen-bond donors (Lipinski definition) is 1. The second kappa shape index (κ2) is 7.34. The van der Waals surface area contributed by atoms with Gasteiger partial charge in [-0.05, 0) is 35.2 Å². The molecule has 5 rings (SSSR count). The van der Waals surface area contributed by atoms with Crippen LogP contribution in [-0.2, 0) is 14.3 Å². The molecule has 162 valence electrons. The zero-order chi connectivity index (χ0) is 21.6. The highest BCUT2D eigenvalue weighted by Gasteiger charge is 2.66. The second-order valence-corrected chi connectivity index (χ2v) is 8.63. The zero-order valence-corrected chi connectivity index (χ0v) is 17.4. The molecular weight excluding hydrogens is 399 g/mol. The molecule has 6 nitrogen and oxygen atoms in total. The van der Waals surface area contributed by atoms with Crippen LogP contribution in [0.3, 0.4) is 0 Å². The maximum absolute atomic E-state index is 15.8. The Morgan fingerprint density at radius 1 is 1.10 bits per heavy atom. The van der Waals surface area contributed by atoms with Crippen LogP contribution in [0.15, 0.2) is 48.5 Å². The molecule has 1 N–H and O–H groups in total. The first-order valence-corrected chi connectivity index (χ1v) is 10.6. The van der Waals surface area contributed by atoms with Gasteiger partial charge in [-0.1, -0.05) is 48.5 Å². The van der Waals surface area contributed by atoms with Crippen molar-refractivity contribution in [1.82, 2.24) is 10.2 Å². The number of rotatable bonds is 3. The standard InChI is InChI=1S/C24H25FN2O4/c1-30-21(28)23-10-11-26-13-24(23,25)15-27(14-23)22(29)31-12-20-18-8-4-2-6-16(18)17-7-3-5-9-19(17)20/h2-9,20,26H,10-15H2,1H3. The van der Waals surface area contributed by atoms with Gasteiger partial charge in [-0.15, -0.1) is 0 Å². The first kappa shape index (κ1) is 20.0. The van der Waals surface area contributed by atoms with E-state index >= 15 is 4.39 Å². The molecule has 7 heteroatoms. The van der Waals surface area contributed by atoms with Crippen LogP contribution in [0.2, 0.25) is 0 Å². The normalized spacial score (nSPS) is 26.7. The number of likely N-dealkylation sites (tertiary alicyclic amines) is 1. The van der Waals surface area contributed by atoms with Crippen LogP contribution in [0.4, 0.5) is 9.18 Å². The minimum absolute atomic E-state index is 0.00918. The van der Waals surface area contributed by atoms with Gasteiger partial charge in [0, 0.05) is 19.0 Å². The Balaban J connectivity index is 1.35. The summed E-state index contributed by atoms with van der Waals surface area (Å²) in [6, 6.07) is 16.2. The number of nitrogens with zero attached hydrogens (tertiary/aromatic N) is 1. The fourth-order valence-electron chi connectivity index (χ4n) is 5.45. The summed E-state index contributed by atoms with van der Waals surface area (Å²) in [5, 5.41) is 3.00. The topological polar surface area (TPSA) is 67.9 Å². The second-order valence-electron chi connectivity index (χ2n) is 8.63. The van der Waals surface area contributed by atoms with E-state index in [2.05, 4.69) is 17.4 Å². The molecule has 0 radical (unpaired) electrons. The molecule has 2 atom stereocenters. The fraction of sp³-hybridized carbons (Fsp3) is 0.417. The van der Waals surface area contributed by atoms with Gasteiger partial charge in [-0.3, -0.25) is 4.79 Å². The summed E-state index contributed by atoms with van der Waals surface area (Å²) in [5.41, 5.74) is 1.30. The van der Waals surface area contributed by atoms with Crippen molar-refractivity contribution >= 4 is 12.1 Å². The highest BCUT2D eigenvalue weighted by molar-refractivity contribution is 5.82. The molecule has 0 aromatic heterocycles. The number of esters is 1. The molecule has 2 saturated heterocycles. The van der Waals surface area contributed by atoms with Crippen molar-refractivity contribution in [2.45, 2.75) is 18.0 Å². The summed E-state index contributed by atoms with van der Waals surface area (Å²) in [6.07, 6.45) is -0.319. The van der Waals surface area contributed by atoms with Gasteiger partial charge in [0.1, 0.15) is 12.0 Å². The number of benzene rings is 2. The molecule has 0 spiro atoms. The van der Waals surface area contributed by atoms with Crippen molar-refractivity contribution in [3.05, 3.63) is 59.7 Å². The molecule has 1 amide bonds. The molecule has 2 aromatic rings. The maximum Gasteiger partial charge on any atom is 0.409 e. The van der Waals surface area contributed by atoms with Gasteiger partial charge < -0.3 is 19.7 Å². The van der Waals surface area contributed by atoms with Crippen LogP contribution in [0.1, 0.15) is 23.5 Å². The minimum Gasteiger partial charge on any atom is -0.468 e. The van der Waals surface area contributed by atoms with Crippen molar-refractivity contribution < 1.29 is 23.5 Å². The van der Waals surface area contributed by atoms with E-state index in [1.807, 2.05) is 36.4 Å². The quantitative estimate of drug-likeness (QED) is 0.767. The molecule has 2 fully saturated rings. The molecular formula is C24H25FN2O4. The third kappa shape index (κ3) is 2.94. The summed E-state index contributed by atoms with van der Waals surface area (Å²) in [7, 11) is 1.26. The smallest absolute Gasteiger partial charge is 0.409 e. The Morgan fingerprint density at radius 2 is 1.74 bits per heavy atom. The summed E-state index contributed by atoms with van der Waals surface area (Å²) in [6.45, 7) is 0.445. The highest BCUT2D eigenvalue weighted by Crippen LogP contribution is 2.48. The number of fused-ring (bicyclic) bond motifs is 4. The summed E-state index contributed by atoms with van der Waals surface area (Å²) >= 11 is 0. The maximum atomic E-state index is 15.8. The Morgan fingerprint density at radius 3 is 2.39 bits per heavy atom. The van der Waals surface area contributed by atoms with Crippen LogP contribution in [0.25, 0.3) is 11.1 Å². The third-order valence-electron chi connectivity index (χ3n) is 7.06. The van der Waals surface area contributed by atoms with Gasteiger partial charge in [0.05, 0.1) is 13.7 Å². The number of methoxy groups -OCH3 is 1. The van der Waals surface area contributed by atoms with Gasteiger partial charge in [0.2, 0.25) is 0 Å². The number of ether oxygens (including phenoxy) is 2. The van der Waals surface area contributed by atoms with E-state index in [9.17, 15) is 9.59 Å². The van der Waals surface area contributed by atoms with E-state index in [4.69, 9.17) is 9.47 Å². The number of carbonyl (C=O) groups excluding carboxylic acids is 2. The van der Waals surface area contributed by atoms with Gasteiger partial charge >= 0.3 is 12.1 Å². The molecule has 2 aliphatic heterocycles. The number of carbonyl (C=O) groups is 2. The molecule has 31 heavy (non-hydrogen) atoms. The van der Waals surface area contributed by atoms with E-state index in [0.717, 1.165) is 22.3 Å². The molecule has 3 aliphatic rings. The zero-order valence-electron chi connectivity index (χ0n) is 17.4. The highest BCUT2D eigenvalue weighted by atomic mass is 19.1. The number of hydrogen-bond acceptors (Lipinski definition) is 5. The summed E-state index contributed by atoms with van der Waals surface area (Å²) in [4.78, 5) is 26.8. The lowest BCUT2D eigenvalue weighted by molar-refractivity contribution is -0.162. The predicted molar refractivity (Wildman–Crippen MR) is 112 cm³/mol. The molecule has 0 bridgehead atoms. The lowest BCUT2D eigenvalue weighted by Crippen LogP contribution is -2.60. The number of alkyl halides is 1. The van der Waals surface area contributed by atoms with E-state index in [-0.39, 0.29) is 38.6 Å². The molecule has 2 heterocycles. The Bertz CT molecular complexity index is 998. The number of amides is 1. The lowest BCUT2D eigenvalue weighted by atomic mass is 9.71. The van der Waals surface area contributed by atoms with Crippen molar-refractivity contribution in [2.75, 3.05) is 39.9 Å². The molecule has 2 unspecified atom stereocenters. The first-order valence-electron chi connectivity index (χ1n) is 10.6. The number of piperidine rings is 1. The van der Waals surface area contributed by atoms with Crippen molar-refractivity contribution in [3.63, 3.8) is 0 Å². The van der Waals surface area contributed by atoms with Gasteiger partial charge in [0.25, 0.3) is 0 Å². The SMILES string of the molecule is COC(=O)C12CCNCC1(F)CN(C(=O)OCC1c3ccccc3-c3ccccc31)C2. The van der Waals surface area contributed by atoms with Crippen LogP contribution in [0.5, 0.6) is 0 Å². The minimum atomic E-state index is -1.87. The van der Waals surface area contributed by atoms with Gasteiger partial charge in [0.15, 0.2) is 5.67 Å². The Hall–Kier alpha value is -2.93. The molecule has 2 aromatic carbocycles. The van der Waals surface area contributed by atoms with Gasteiger partial charge in [-0.2, -0.15) is 0 Å². The fourth-order valence-corrected chi connectivity index (χ4v) is 5.45. The van der Waals surface area contributed by atoms with E-state index < -0.39 is 23.1 Å². The van der Waals surface area contributed by atoms with E-state index in [1.54, 1.807) is 0 Å². The van der Waals surface area contributed by atoms with Crippen molar-refractivity contribution in [3.8, 4) is 11.1 Å². The predicted octanol–water partition coefficient (Wildman–Crippen LogP) is 3.11. The van der Waals surface area contributed by atoms with Gasteiger partial charge in [-0.25, -0.2) is 9.18 Å². The van der Waals surface area contributed by atoms with E-state index in [1.165, 1.54) is 12.0 Å². The van der Waals surface area contributed by atoms with Crippen LogP contribution in [-0.4, -0.2) is 62.5 Å². The number of nitrogens with one attached hydrogen (secondary N) is 1. The van der Waals surface area contributed by atoms with Crippen molar-refractivity contribution in [1.29, 1.82) is 0 Å². The van der Waals surface area contributed by atoms with Crippen LogP contribution >= 0.6 is 0 Å². The summed E-state index contributed by atoms with van der Waals surface area (Å²) < 4.78 is 26.4. The third-order valence-corrected chi connectivity index (χ3v) is 7.06. The average Bonchev–Trinajstić information content (AvgIpc) is 3.30. The molecule has 0 saturated carbocycles. The monoisotopic (exact) mass is 424 g/mol. The first-order chi connectivity index (χ1) is 15.0. The largest absolute Gasteiger partial charge is 0.468 e. The number of halogens is 1. The summed E-state index contributed by atoms with van der Waals surface area (Å²) in [5.74, 6) is -0.678. The lowest BCUT2D eigenvalue weighted by Gasteiger charge is -2.40. The van der Waals surface area contributed by atoms with E-state index in [0.29, 0.717) is 6.54 Å². The Kier molecular flexibility index (Phi) is 4.73. The van der Waals surface area contributed by atoms with Crippen LogP contribution < -0.4 is 5.32 Å². The average molecular weight is 424 g/mol. The van der Waals surface area contributed by atoms with Crippen molar-refractivity contribution in [2.24, 2.45) is 5.41 Å². The molecule has 1 aliphatic carbocycles. The Labute approximate surface area is 180 Å².